The highest BCUT2D eigenvalue weighted by Gasteiger charge is 2.30. The van der Waals surface area contributed by atoms with Gasteiger partial charge in [-0.25, -0.2) is 0 Å². The molecule has 0 amide bonds. The van der Waals surface area contributed by atoms with Crippen molar-refractivity contribution in [3.63, 3.8) is 0 Å². The Hall–Kier alpha value is -1.56. The number of carbonyl (C=O) groups excluding carboxylic acids is 1. The summed E-state index contributed by atoms with van der Waals surface area (Å²) in [4.78, 5) is 10.9. The Bertz CT molecular complexity index is 334. The van der Waals surface area contributed by atoms with Crippen molar-refractivity contribution in [1.82, 2.24) is 0 Å². The van der Waals surface area contributed by atoms with Gasteiger partial charge in [-0.1, -0.05) is 0 Å². The van der Waals surface area contributed by atoms with E-state index >= 15 is 0 Å². The summed E-state index contributed by atoms with van der Waals surface area (Å²) in [5.41, 5.74) is -0.824. The lowest BCUT2D eigenvalue weighted by Crippen LogP contribution is -2.21. The molecule has 68 valence electrons. The summed E-state index contributed by atoms with van der Waals surface area (Å²) in [6.45, 7) is 3.17. The Kier molecular flexibility index (Phi) is 2.52. The second kappa shape index (κ2) is 3.44. The third kappa shape index (κ3) is 1.97. The smallest absolute Gasteiger partial charge is 0.131 e. The minimum Gasteiger partial charge on any atom is -0.468 e. The zero-order valence-corrected chi connectivity index (χ0v) is 7.70. The van der Waals surface area contributed by atoms with E-state index in [1.165, 1.54) is 13.2 Å². The van der Waals surface area contributed by atoms with Crippen LogP contribution in [0.1, 0.15) is 26.0 Å². The molecule has 0 spiro atoms. The van der Waals surface area contributed by atoms with Crippen molar-refractivity contribution in [3.05, 3.63) is 24.2 Å². The summed E-state index contributed by atoms with van der Waals surface area (Å²) in [5, 5.41) is 8.94. The van der Waals surface area contributed by atoms with Crippen LogP contribution in [0.25, 0.3) is 0 Å². The number of hydrogen-bond acceptors (Lipinski definition) is 3. The van der Waals surface area contributed by atoms with Crippen LogP contribution in [0.15, 0.2) is 22.8 Å². The van der Waals surface area contributed by atoms with E-state index in [2.05, 4.69) is 6.07 Å². The first-order chi connectivity index (χ1) is 6.08. The van der Waals surface area contributed by atoms with E-state index in [-0.39, 0.29) is 12.2 Å². The maximum Gasteiger partial charge on any atom is 0.131 e. The molecule has 0 aliphatic carbocycles. The molecule has 1 unspecified atom stereocenters. The van der Waals surface area contributed by atoms with E-state index in [0.29, 0.717) is 5.76 Å². The van der Waals surface area contributed by atoms with Gasteiger partial charge in [-0.15, -0.1) is 0 Å². The average Bonchev–Trinajstić information content (AvgIpc) is 2.55. The first-order valence-electron chi connectivity index (χ1n) is 4.03. The third-order valence-electron chi connectivity index (χ3n) is 1.91. The molecule has 0 saturated carbocycles. The first-order valence-corrected chi connectivity index (χ1v) is 4.03. The highest BCUT2D eigenvalue weighted by atomic mass is 16.3. The van der Waals surface area contributed by atoms with Crippen LogP contribution in [0.3, 0.4) is 0 Å². The highest BCUT2D eigenvalue weighted by Crippen LogP contribution is 2.27. The molecule has 1 heterocycles. The largest absolute Gasteiger partial charge is 0.468 e. The van der Waals surface area contributed by atoms with Gasteiger partial charge in [0, 0.05) is 6.42 Å². The van der Waals surface area contributed by atoms with Crippen molar-refractivity contribution in [2.45, 2.75) is 25.7 Å². The molecule has 0 saturated heterocycles. The number of Topliss-reactive ketones (excluding diaryl/α,β-unsaturated/α-hetero) is 1. The zero-order chi connectivity index (χ0) is 9.90. The Labute approximate surface area is 77.0 Å². The molecule has 1 aromatic heterocycles. The fourth-order valence-electron chi connectivity index (χ4n) is 1.27. The van der Waals surface area contributed by atoms with Crippen LogP contribution in [0.4, 0.5) is 0 Å². The number of carbonyl (C=O) groups is 1. The van der Waals surface area contributed by atoms with Crippen molar-refractivity contribution in [3.8, 4) is 6.07 Å². The van der Waals surface area contributed by atoms with Gasteiger partial charge in [0.2, 0.25) is 0 Å². The molecule has 0 aliphatic heterocycles. The lowest BCUT2D eigenvalue weighted by Gasteiger charge is -2.16. The molecule has 0 fully saturated rings. The van der Waals surface area contributed by atoms with Gasteiger partial charge in [-0.2, -0.15) is 5.26 Å². The van der Waals surface area contributed by atoms with Gasteiger partial charge in [-0.05, 0) is 26.0 Å². The lowest BCUT2D eigenvalue weighted by molar-refractivity contribution is -0.117. The van der Waals surface area contributed by atoms with E-state index < -0.39 is 5.41 Å². The minimum absolute atomic E-state index is 0.0135. The predicted molar refractivity (Wildman–Crippen MR) is 47.0 cm³/mol. The monoisotopic (exact) mass is 177 g/mol. The van der Waals surface area contributed by atoms with E-state index in [1.807, 2.05) is 0 Å². The summed E-state index contributed by atoms with van der Waals surface area (Å²) in [5.74, 6) is 0.533. The number of ketones is 1. The minimum atomic E-state index is -0.824. The topological polar surface area (TPSA) is 54.0 Å². The van der Waals surface area contributed by atoms with Gasteiger partial charge in [0.25, 0.3) is 0 Å². The van der Waals surface area contributed by atoms with Gasteiger partial charge in [0.15, 0.2) is 0 Å². The maximum atomic E-state index is 10.9. The Morgan fingerprint density at radius 1 is 1.77 bits per heavy atom. The number of hydrogen-bond donors (Lipinski definition) is 0. The molecule has 1 atom stereocenters. The quantitative estimate of drug-likeness (QED) is 0.709. The molecule has 0 aliphatic rings. The summed E-state index contributed by atoms with van der Waals surface area (Å²) in [6, 6.07) is 5.53. The predicted octanol–water partition coefficient (Wildman–Crippen LogP) is 2.04. The summed E-state index contributed by atoms with van der Waals surface area (Å²) >= 11 is 0. The van der Waals surface area contributed by atoms with Gasteiger partial charge < -0.3 is 4.42 Å². The molecule has 0 N–H and O–H groups in total. The molecule has 0 bridgehead atoms. The van der Waals surface area contributed by atoms with Crippen molar-refractivity contribution >= 4 is 5.78 Å². The van der Waals surface area contributed by atoms with Crippen LogP contribution < -0.4 is 0 Å². The summed E-state index contributed by atoms with van der Waals surface area (Å²) in [6.07, 6.45) is 1.70. The maximum absolute atomic E-state index is 10.9. The fraction of sp³-hybridized carbons (Fsp3) is 0.400. The Balaban J connectivity index is 2.96. The van der Waals surface area contributed by atoms with Crippen molar-refractivity contribution in [2.24, 2.45) is 0 Å². The molecule has 0 aromatic carbocycles. The first kappa shape index (κ1) is 9.53. The molecule has 3 nitrogen and oxygen atoms in total. The average molecular weight is 177 g/mol. The Morgan fingerprint density at radius 3 is 2.85 bits per heavy atom. The number of furan rings is 1. The highest BCUT2D eigenvalue weighted by molar-refractivity contribution is 5.77. The Morgan fingerprint density at radius 2 is 2.46 bits per heavy atom. The molecule has 1 aromatic rings. The molecule has 3 heteroatoms. The molecule has 1 rings (SSSR count). The zero-order valence-electron chi connectivity index (χ0n) is 7.70. The number of nitrogens with zero attached hydrogens (tertiary/aromatic N) is 1. The van der Waals surface area contributed by atoms with Crippen LogP contribution >= 0.6 is 0 Å². The van der Waals surface area contributed by atoms with Crippen LogP contribution in [0.2, 0.25) is 0 Å². The van der Waals surface area contributed by atoms with Crippen molar-refractivity contribution < 1.29 is 9.21 Å². The van der Waals surface area contributed by atoms with Gasteiger partial charge in [0.1, 0.15) is 17.0 Å². The van der Waals surface area contributed by atoms with Crippen LogP contribution in [0.5, 0.6) is 0 Å². The van der Waals surface area contributed by atoms with Gasteiger partial charge in [-0.3, -0.25) is 4.79 Å². The van der Waals surface area contributed by atoms with Crippen molar-refractivity contribution in [1.29, 1.82) is 5.26 Å². The summed E-state index contributed by atoms with van der Waals surface area (Å²) < 4.78 is 5.12. The van der Waals surface area contributed by atoms with Crippen LogP contribution in [-0.2, 0) is 10.2 Å². The van der Waals surface area contributed by atoms with E-state index in [4.69, 9.17) is 9.68 Å². The van der Waals surface area contributed by atoms with Crippen molar-refractivity contribution in [2.75, 3.05) is 0 Å². The normalized spacial score (nSPS) is 14.5. The second-order valence-electron chi connectivity index (χ2n) is 3.30. The van der Waals surface area contributed by atoms with Crippen LogP contribution in [-0.4, -0.2) is 5.78 Å². The second-order valence-corrected chi connectivity index (χ2v) is 3.30. The lowest BCUT2D eigenvalue weighted by atomic mass is 9.84. The standard InChI is InChI=1S/C10H11NO2/c1-8(12)6-10(2,7-11)9-4-3-5-13-9/h3-5H,6H2,1-2H3. The third-order valence-corrected chi connectivity index (χ3v) is 1.91. The molecule has 0 radical (unpaired) electrons. The molecular formula is C10H11NO2. The SMILES string of the molecule is CC(=O)CC(C)(C#N)c1ccco1. The molecule has 13 heavy (non-hydrogen) atoms. The van der Waals surface area contributed by atoms with E-state index in [0.717, 1.165) is 0 Å². The number of rotatable bonds is 3. The van der Waals surface area contributed by atoms with E-state index in [1.54, 1.807) is 19.1 Å². The van der Waals surface area contributed by atoms with Crippen LogP contribution in [0, 0.1) is 11.3 Å². The summed E-state index contributed by atoms with van der Waals surface area (Å²) in [7, 11) is 0. The fourth-order valence-corrected chi connectivity index (χ4v) is 1.27. The van der Waals surface area contributed by atoms with Gasteiger partial charge >= 0.3 is 0 Å². The number of nitriles is 1. The van der Waals surface area contributed by atoms with E-state index in [9.17, 15) is 4.79 Å². The molecular weight excluding hydrogens is 166 g/mol. The van der Waals surface area contributed by atoms with Gasteiger partial charge in [0.05, 0.1) is 12.3 Å².